The molecular weight excluding hydrogens is 822 g/mol. The lowest BCUT2D eigenvalue weighted by Gasteiger charge is -2.20. The van der Waals surface area contributed by atoms with Gasteiger partial charge in [0.15, 0.2) is 24.6 Å². The molecule has 312 valence electrons. The molecule has 0 saturated carbocycles. The van der Waals surface area contributed by atoms with E-state index >= 15 is 0 Å². The van der Waals surface area contributed by atoms with Crippen LogP contribution in [0.1, 0.15) is 0 Å². The van der Waals surface area contributed by atoms with Gasteiger partial charge in [0.2, 0.25) is 0 Å². The van der Waals surface area contributed by atoms with Crippen molar-refractivity contribution in [1.29, 1.82) is 0 Å². The maximum absolute atomic E-state index is 14.9. The van der Waals surface area contributed by atoms with Crippen LogP contribution in [0.15, 0.2) is 255 Å². The van der Waals surface area contributed by atoms with Crippen molar-refractivity contribution in [3.05, 3.63) is 255 Å². The third-order valence-electron chi connectivity index (χ3n) is 12.3. The molecule has 0 spiro atoms. The van der Waals surface area contributed by atoms with Crippen molar-refractivity contribution in [2.24, 2.45) is 0 Å². The molecule has 0 aliphatic heterocycles. The molecule has 66 heavy (non-hydrogen) atoms. The van der Waals surface area contributed by atoms with Crippen LogP contribution in [0.5, 0.6) is 0 Å². The molecule has 0 atom stereocenters. The van der Waals surface area contributed by atoms with Crippen molar-refractivity contribution in [3.63, 3.8) is 0 Å². The van der Waals surface area contributed by atoms with Gasteiger partial charge in [0.05, 0.1) is 0 Å². The Labute approximate surface area is 385 Å². The minimum Gasteiger partial charge on any atom is -0.309 e. The molecule has 1 aromatic heterocycles. The van der Waals surface area contributed by atoms with Gasteiger partial charge < -0.3 is 4.57 Å². The van der Waals surface area contributed by atoms with E-state index in [1.807, 2.05) is 109 Å². The summed E-state index contributed by atoms with van der Waals surface area (Å²) in [6.07, 6.45) is 0. The van der Waals surface area contributed by atoms with Gasteiger partial charge in [-0.15, -0.1) is 0 Å². The lowest BCUT2D eigenvalue weighted by molar-refractivity contribution is 0.592. The summed E-state index contributed by atoms with van der Waals surface area (Å²) in [7, 11) is -3.04. The second-order valence-electron chi connectivity index (χ2n) is 16.3. The lowest BCUT2D eigenvalue weighted by atomic mass is 9.91. The lowest BCUT2D eigenvalue weighted by Crippen LogP contribution is -2.24. The monoisotopic (exact) mass is 863 g/mol. The van der Waals surface area contributed by atoms with Gasteiger partial charge in [0.1, 0.15) is 0 Å². The number of rotatable bonds is 10. The van der Waals surface area contributed by atoms with Crippen LogP contribution in [-0.4, -0.2) is 15.0 Å². The van der Waals surface area contributed by atoms with Crippen LogP contribution >= 0.6 is 7.14 Å². The first-order valence-corrected chi connectivity index (χ1v) is 23.8. The second kappa shape index (κ2) is 17.7. The smallest absolute Gasteiger partial charge is 0.171 e. The average Bonchev–Trinajstić information content (AvgIpc) is 3.41. The molecule has 0 aliphatic rings. The highest BCUT2D eigenvalue weighted by molar-refractivity contribution is 7.85. The van der Waals surface area contributed by atoms with Crippen molar-refractivity contribution >= 4 is 33.8 Å². The second-order valence-corrected chi connectivity index (χ2v) is 19.1. The largest absolute Gasteiger partial charge is 0.309 e. The summed E-state index contributed by atoms with van der Waals surface area (Å²) in [5, 5.41) is 4.84. The van der Waals surface area contributed by atoms with E-state index < -0.39 is 7.14 Å². The maximum Gasteiger partial charge on any atom is 0.171 e. The van der Waals surface area contributed by atoms with Crippen LogP contribution in [0.3, 0.4) is 0 Å². The molecule has 0 amide bonds. The minimum atomic E-state index is -3.04. The van der Waals surface area contributed by atoms with Crippen LogP contribution in [0, 0.1) is 0 Å². The predicted molar refractivity (Wildman–Crippen MR) is 275 cm³/mol. The normalized spacial score (nSPS) is 11.4. The zero-order valence-corrected chi connectivity index (χ0v) is 36.8. The van der Waals surface area contributed by atoms with Crippen LogP contribution in [-0.2, 0) is 4.57 Å². The number of fused-ring (bicyclic) bond motifs is 1. The summed E-state index contributed by atoms with van der Waals surface area (Å²) in [5.74, 6) is 1.88. The summed E-state index contributed by atoms with van der Waals surface area (Å²) in [6.45, 7) is 0. The van der Waals surface area contributed by atoms with E-state index in [0.29, 0.717) is 17.5 Å². The van der Waals surface area contributed by atoms with E-state index in [9.17, 15) is 4.57 Å². The van der Waals surface area contributed by atoms with Gasteiger partial charge in [-0.3, -0.25) is 0 Å². The van der Waals surface area contributed by atoms with E-state index in [4.69, 9.17) is 15.0 Å². The maximum atomic E-state index is 14.9. The molecule has 0 saturated heterocycles. The highest BCUT2D eigenvalue weighted by atomic mass is 31.2. The molecule has 10 aromatic carbocycles. The van der Waals surface area contributed by atoms with Gasteiger partial charge >= 0.3 is 0 Å². The molecule has 0 aliphatic carbocycles. The van der Waals surface area contributed by atoms with E-state index in [2.05, 4.69) is 146 Å². The molecule has 0 fully saturated rings. The van der Waals surface area contributed by atoms with Crippen molar-refractivity contribution in [2.45, 2.75) is 0 Å². The molecule has 4 nitrogen and oxygen atoms in total. The summed E-state index contributed by atoms with van der Waals surface area (Å²) < 4.78 is 14.9. The van der Waals surface area contributed by atoms with Gasteiger partial charge in [-0.1, -0.05) is 255 Å². The first kappa shape index (κ1) is 40.5. The molecule has 0 radical (unpaired) electrons. The Morgan fingerprint density at radius 3 is 0.879 bits per heavy atom. The Kier molecular flexibility index (Phi) is 10.9. The third-order valence-corrected chi connectivity index (χ3v) is 15.4. The summed E-state index contributed by atoms with van der Waals surface area (Å²) in [5.41, 5.74) is 11.8. The fraction of sp³-hybridized carbons (Fsp3) is 0. The fourth-order valence-electron chi connectivity index (χ4n) is 8.82. The number of aromatic nitrogens is 3. The van der Waals surface area contributed by atoms with Crippen molar-refractivity contribution in [1.82, 2.24) is 15.0 Å². The number of nitrogens with zero attached hydrogens (tertiary/aromatic N) is 3. The zero-order valence-electron chi connectivity index (χ0n) is 35.9. The first-order chi connectivity index (χ1) is 32.6. The number of hydrogen-bond acceptors (Lipinski definition) is 4. The molecule has 11 aromatic rings. The minimum absolute atomic E-state index is 0.622. The van der Waals surface area contributed by atoms with Gasteiger partial charge in [0, 0.05) is 32.6 Å². The van der Waals surface area contributed by atoms with Crippen LogP contribution in [0.2, 0.25) is 0 Å². The van der Waals surface area contributed by atoms with E-state index in [1.54, 1.807) is 0 Å². The van der Waals surface area contributed by atoms with Crippen molar-refractivity contribution in [3.8, 4) is 78.7 Å². The van der Waals surface area contributed by atoms with Gasteiger partial charge in [0.25, 0.3) is 0 Å². The first-order valence-electron chi connectivity index (χ1n) is 22.1. The van der Waals surface area contributed by atoms with Crippen molar-refractivity contribution < 1.29 is 4.57 Å². The molecule has 0 N–H and O–H groups in total. The van der Waals surface area contributed by atoms with E-state index in [1.165, 1.54) is 21.9 Å². The summed E-state index contributed by atoms with van der Waals surface area (Å²) >= 11 is 0. The van der Waals surface area contributed by atoms with E-state index in [0.717, 1.165) is 66.0 Å². The van der Waals surface area contributed by atoms with Crippen LogP contribution in [0.4, 0.5) is 0 Å². The van der Waals surface area contributed by atoms with Gasteiger partial charge in [-0.05, 0) is 55.3 Å². The van der Waals surface area contributed by atoms with E-state index in [-0.39, 0.29) is 0 Å². The SMILES string of the molecule is O=P(c1ccccc1)(c1ccccc1)c1ccc(-c2ccc(-c3ccc(-c4ccc(-c5nc(-c6ccccc6)nc(-c6ccc(-c7ccccc7)cc6)n5)cc4)c4ccccc34)cc2)cc1. The Morgan fingerprint density at radius 2 is 0.485 bits per heavy atom. The zero-order chi connectivity index (χ0) is 44.3. The average molecular weight is 864 g/mol. The van der Waals surface area contributed by atoms with Gasteiger partial charge in [-0.25, -0.2) is 15.0 Å². The Hall–Kier alpha value is -8.30. The quantitative estimate of drug-likeness (QED) is 0.129. The standard InChI is InChI=1S/C61H42N3OP/c65-66(52-19-9-3-10-20-52,53-21-11-4-12-22-53)54-39-37-46(38-40-54)45-25-29-47(30-26-45)55-41-42-56(58-24-14-13-23-57(55)58)48-31-35-51(36-32-48)61-63-59(49-17-7-2-8-18-49)62-60(64-61)50-33-27-44(28-34-50)43-15-5-1-6-16-43/h1-42H. The molecular formula is C61H42N3OP. The third kappa shape index (κ3) is 7.85. The molecule has 0 bridgehead atoms. The Morgan fingerprint density at radius 1 is 0.227 bits per heavy atom. The molecule has 11 rings (SSSR count). The molecule has 1 heterocycles. The Bertz CT molecular complexity index is 3450. The van der Waals surface area contributed by atoms with Crippen molar-refractivity contribution in [2.75, 3.05) is 0 Å². The summed E-state index contributed by atoms with van der Waals surface area (Å²) in [6, 6.07) is 87.1. The highest BCUT2D eigenvalue weighted by Crippen LogP contribution is 2.43. The Balaban J connectivity index is 0.878. The van der Waals surface area contributed by atoms with Gasteiger partial charge in [-0.2, -0.15) is 0 Å². The molecule has 5 heteroatoms. The fourth-order valence-corrected chi connectivity index (χ4v) is 11.5. The number of benzene rings is 10. The molecule has 0 unspecified atom stereocenters. The summed E-state index contributed by atoms with van der Waals surface area (Å²) in [4.78, 5) is 15.0. The number of hydrogen-bond donors (Lipinski definition) is 0. The van der Waals surface area contributed by atoms with Crippen LogP contribution in [0.25, 0.3) is 89.4 Å². The predicted octanol–water partition coefficient (Wildman–Crippen LogP) is 14.3. The highest BCUT2D eigenvalue weighted by Gasteiger charge is 2.29. The van der Waals surface area contributed by atoms with Crippen LogP contribution < -0.4 is 15.9 Å². The topological polar surface area (TPSA) is 55.7 Å².